The minimum Gasteiger partial charge on any atom is -0.399 e. The Morgan fingerprint density at radius 3 is 1.17 bits per heavy atom. The molecule has 3 unspecified atom stereocenters. The highest BCUT2D eigenvalue weighted by molar-refractivity contribution is 5.44. The molecule has 0 bridgehead atoms. The number of rotatable bonds is 20. The second kappa shape index (κ2) is 19.2. The molecule has 0 saturated heterocycles. The molecule has 2 nitrogen and oxygen atoms in total. The molecule has 0 spiro atoms. The summed E-state index contributed by atoms with van der Waals surface area (Å²) in [7, 11) is 0. The first-order valence-electron chi connectivity index (χ1n) is 18.4. The van der Waals surface area contributed by atoms with E-state index in [9.17, 15) is 0 Å². The number of benzene rings is 4. The standard InChI is InChI=1S/C44H60N2/c1-4-7-10-13-14-40(35-21-23-37(24-22-35)44(16-12-9-6-3)39-27-31-42(46)32-28-39)33-34-17-19-36(20-18-34)43(15-11-8-5-2)38-25-29-41(45)30-26-38/h17-32,40,43-44H,4-16,33,45-46H2,1-3H3. The van der Waals surface area contributed by atoms with E-state index in [1.165, 1.54) is 117 Å². The lowest BCUT2D eigenvalue weighted by Crippen LogP contribution is -2.06. The van der Waals surface area contributed by atoms with E-state index in [1.807, 2.05) is 12.1 Å². The van der Waals surface area contributed by atoms with E-state index in [1.54, 1.807) is 0 Å². The lowest BCUT2D eigenvalue weighted by molar-refractivity contribution is 0.550. The zero-order valence-electron chi connectivity index (χ0n) is 29.0. The molecule has 4 N–H and O–H groups in total. The van der Waals surface area contributed by atoms with Crippen LogP contribution in [-0.4, -0.2) is 0 Å². The molecule has 4 aromatic carbocycles. The first kappa shape index (κ1) is 35.3. The fourth-order valence-electron chi connectivity index (χ4n) is 7.08. The van der Waals surface area contributed by atoms with Crippen LogP contribution < -0.4 is 11.5 Å². The van der Waals surface area contributed by atoms with Crippen molar-refractivity contribution in [3.8, 4) is 0 Å². The van der Waals surface area contributed by atoms with Crippen LogP contribution >= 0.6 is 0 Å². The average Bonchev–Trinajstić information content (AvgIpc) is 3.08. The van der Waals surface area contributed by atoms with Crippen LogP contribution in [0.5, 0.6) is 0 Å². The molecule has 0 amide bonds. The van der Waals surface area contributed by atoms with Crippen LogP contribution in [0.3, 0.4) is 0 Å². The van der Waals surface area contributed by atoms with Gasteiger partial charge in [-0.3, -0.25) is 0 Å². The monoisotopic (exact) mass is 616 g/mol. The zero-order chi connectivity index (χ0) is 32.6. The maximum absolute atomic E-state index is 6.04. The van der Waals surface area contributed by atoms with Crippen molar-refractivity contribution in [2.45, 2.75) is 128 Å². The van der Waals surface area contributed by atoms with E-state index in [4.69, 9.17) is 11.5 Å². The van der Waals surface area contributed by atoms with Crippen LogP contribution in [0.4, 0.5) is 11.4 Å². The Labute approximate surface area is 281 Å². The Morgan fingerprint density at radius 2 is 0.739 bits per heavy atom. The Hall–Kier alpha value is -3.52. The van der Waals surface area contributed by atoms with Crippen molar-refractivity contribution in [2.24, 2.45) is 0 Å². The fraction of sp³-hybridized carbons (Fsp3) is 0.455. The molecule has 4 aromatic rings. The molecular formula is C44H60N2. The van der Waals surface area contributed by atoms with E-state index in [-0.39, 0.29) is 0 Å². The van der Waals surface area contributed by atoms with Gasteiger partial charge in [0.2, 0.25) is 0 Å². The second-order valence-electron chi connectivity index (χ2n) is 13.6. The van der Waals surface area contributed by atoms with E-state index in [0.29, 0.717) is 17.8 Å². The molecule has 0 aliphatic carbocycles. The van der Waals surface area contributed by atoms with Crippen LogP contribution in [-0.2, 0) is 6.42 Å². The Morgan fingerprint density at radius 1 is 0.391 bits per heavy atom. The first-order valence-corrected chi connectivity index (χ1v) is 18.4. The van der Waals surface area contributed by atoms with Gasteiger partial charge in [-0.05, 0) is 89.2 Å². The summed E-state index contributed by atoms with van der Waals surface area (Å²) >= 11 is 0. The molecule has 0 saturated carbocycles. The van der Waals surface area contributed by atoms with Gasteiger partial charge < -0.3 is 11.5 Å². The van der Waals surface area contributed by atoms with Gasteiger partial charge in [-0.15, -0.1) is 0 Å². The Kier molecular flexibility index (Phi) is 14.8. The maximum atomic E-state index is 6.04. The van der Waals surface area contributed by atoms with Crippen LogP contribution in [0, 0.1) is 0 Å². The molecule has 246 valence electrons. The molecular weight excluding hydrogens is 556 g/mol. The summed E-state index contributed by atoms with van der Waals surface area (Å²) < 4.78 is 0. The van der Waals surface area contributed by atoms with E-state index in [0.717, 1.165) is 17.8 Å². The summed E-state index contributed by atoms with van der Waals surface area (Å²) in [6.07, 6.45) is 17.5. The van der Waals surface area contributed by atoms with Crippen LogP contribution in [0.1, 0.15) is 155 Å². The molecule has 0 aromatic heterocycles. The summed E-state index contributed by atoms with van der Waals surface area (Å²) in [5, 5.41) is 0. The molecule has 0 heterocycles. The fourth-order valence-corrected chi connectivity index (χ4v) is 7.08. The lowest BCUT2D eigenvalue weighted by atomic mass is 9.83. The summed E-state index contributed by atoms with van der Waals surface area (Å²) in [6.45, 7) is 6.87. The number of nitrogen functional groups attached to an aromatic ring is 2. The minimum atomic E-state index is 0.420. The van der Waals surface area contributed by atoms with Crippen LogP contribution in [0.25, 0.3) is 0 Å². The highest BCUT2D eigenvalue weighted by atomic mass is 14.5. The molecule has 3 atom stereocenters. The smallest absolute Gasteiger partial charge is 0.0314 e. The Balaban J connectivity index is 1.53. The van der Waals surface area contributed by atoms with E-state index < -0.39 is 0 Å². The normalized spacial score (nSPS) is 13.4. The highest BCUT2D eigenvalue weighted by Crippen LogP contribution is 2.35. The SMILES string of the molecule is CCCCCCC(Cc1ccc(C(CCCCC)c2ccc(N)cc2)cc1)c1ccc(C(CCCCC)c2ccc(N)cc2)cc1. The van der Waals surface area contributed by atoms with Gasteiger partial charge >= 0.3 is 0 Å². The molecule has 0 radical (unpaired) electrons. The summed E-state index contributed by atoms with van der Waals surface area (Å²) in [5.74, 6) is 1.37. The van der Waals surface area contributed by atoms with Crippen molar-refractivity contribution < 1.29 is 0 Å². The second-order valence-corrected chi connectivity index (χ2v) is 13.6. The third-order valence-corrected chi connectivity index (χ3v) is 9.95. The van der Waals surface area contributed by atoms with E-state index >= 15 is 0 Å². The molecule has 46 heavy (non-hydrogen) atoms. The van der Waals surface area contributed by atoms with Gasteiger partial charge in [0.05, 0.1) is 0 Å². The average molecular weight is 617 g/mol. The van der Waals surface area contributed by atoms with Gasteiger partial charge in [0.15, 0.2) is 0 Å². The minimum absolute atomic E-state index is 0.420. The van der Waals surface area contributed by atoms with Crippen LogP contribution in [0.2, 0.25) is 0 Å². The van der Waals surface area contributed by atoms with Crippen molar-refractivity contribution in [2.75, 3.05) is 11.5 Å². The highest BCUT2D eigenvalue weighted by Gasteiger charge is 2.18. The van der Waals surface area contributed by atoms with Gasteiger partial charge in [-0.1, -0.05) is 158 Å². The van der Waals surface area contributed by atoms with Crippen LogP contribution in [0.15, 0.2) is 97.1 Å². The number of hydrogen-bond donors (Lipinski definition) is 2. The van der Waals surface area contributed by atoms with Crippen molar-refractivity contribution in [3.63, 3.8) is 0 Å². The van der Waals surface area contributed by atoms with Crippen molar-refractivity contribution in [1.82, 2.24) is 0 Å². The quantitative estimate of drug-likeness (QED) is 0.0766. The maximum Gasteiger partial charge on any atom is 0.0314 e. The van der Waals surface area contributed by atoms with Gasteiger partial charge in [-0.2, -0.15) is 0 Å². The predicted molar refractivity (Wildman–Crippen MR) is 202 cm³/mol. The van der Waals surface area contributed by atoms with Crippen molar-refractivity contribution in [3.05, 3.63) is 130 Å². The topological polar surface area (TPSA) is 52.0 Å². The van der Waals surface area contributed by atoms with Crippen molar-refractivity contribution in [1.29, 1.82) is 0 Å². The zero-order valence-corrected chi connectivity index (χ0v) is 29.0. The molecule has 2 heteroatoms. The number of anilines is 2. The molecule has 0 aliphatic heterocycles. The number of nitrogens with two attached hydrogens (primary N) is 2. The predicted octanol–water partition coefficient (Wildman–Crippen LogP) is 12.6. The van der Waals surface area contributed by atoms with Gasteiger partial charge in [-0.25, -0.2) is 0 Å². The number of unbranched alkanes of at least 4 members (excludes halogenated alkanes) is 7. The summed E-state index contributed by atoms with van der Waals surface area (Å²) in [4.78, 5) is 0. The molecule has 0 fully saturated rings. The largest absolute Gasteiger partial charge is 0.399 e. The van der Waals surface area contributed by atoms with Crippen molar-refractivity contribution >= 4 is 11.4 Å². The van der Waals surface area contributed by atoms with E-state index in [2.05, 4.69) is 106 Å². The Bertz CT molecular complexity index is 1370. The first-order chi connectivity index (χ1) is 22.5. The molecule has 4 rings (SSSR count). The van der Waals surface area contributed by atoms with Gasteiger partial charge in [0, 0.05) is 23.2 Å². The van der Waals surface area contributed by atoms with Gasteiger partial charge in [0.25, 0.3) is 0 Å². The third-order valence-electron chi connectivity index (χ3n) is 9.95. The third kappa shape index (κ3) is 10.8. The summed E-state index contributed by atoms with van der Waals surface area (Å²) in [5.41, 5.74) is 22.3. The van der Waals surface area contributed by atoms with Gasteiger partial charge in [0.1, 0.15) is 0 Å². The summed E-state index contributed by atoms with van der Waals surface area (Å²) in [6, 6.07) is 36.4. The lowest BCUT2D eigenvalue weighted by Gasteiger charge is -2.22. The number of hydrogen-bond acceptors (Lipinski definition) is 2. The molecule has 0 aliphatic rings.